The summed E-state index contributed by atoms with van der Waals surface area (Å²) in [6.45, 7) is 8.80. The van der Waals surface area contributed by atoms with Crippen molar-refractivity contribution in [1.82, 2.24) is 20.4 Å². The quantitative estimate of drug-likeness (QED) is 0.440. The molecule has 0 aliphatic carbocycles. The predicted molar refractivity (Wildman–Crippen MR) is 131 cm³/mol. The van der Waals surface area contributed by atoms with Crippen molar-refractivity contribution in [2.45, 2.75) is 69.8 Å². The summed E-state index contributed by atoms with van der Waals surface area (Å²) in [5.74, 6) is -1.06. The lowest BCUT2D eigenvalue weighted by Gasteiger charge is -2.47. The van der Waals surface area contributed by atoms with Gasteiger partial charge in [0.05, 0.1) is 18.0 Å². The van der Waals surface area contributed by atoms with Crippen LogP contribution in [0.2, 0.25) is 0 Å². The van der Waals surface area contributed by atoms with Gasteiger partial charge in [-0.2, -0.15) is 0 Å². The number of Topliss-reactive ketones (excluding diaryl/α,β-unsaturated/α-hetero) is 1. The topological polar surface area (TPSA) is 119 Å². The van der Waals surface area contributed by atoms with E-state index < -0.39 is 5.97 Å². The number of hydrogen-bond donors (Lipinski definition) is 3. The van der Waals surface area contributed by atoms with Gasteiger partial charge >= 0.3 is 5.97 Å². The maximum absolute atomic E-state index is 13.3. The molecule has 0 bridgehead atoms. The van der Waals surface area contributed by atoms with E-state index in [1.807, 2.05) is 13.8 Å². The molecule has 9 nitrogen and oxygen atoms in total. The maximum atomic E-state index is 13.3. The molecule has 35 heavy (non-hydrogen) atoms. The molecule has 8 atom stereocenters. The molecule has 0 aromatic heterocycles. The average Bonchev–Trinajstić information content (AvgIpc) is 3.49. The second kappa shape index (κ2) is 9.52. The Balaban J connectivity index is 1.26. The molecule has 0 saturated carbocycles. The second-order valence-electron chi connectivity index (χ2n) is 11.0. The lowest BCUT2D eigenvalue weighted by atomic mass is 9.73. The lowest BCUT2D eigenvalue weighted by molar-refractivity contribution is -0.160. The fraction of sp³-hybridized carbons (Fsp3) is 0.760. The minimum atomic E-state index is -1.08. The van der Waals surface area contributed by atoms with Crippen LogP contribution in [0, 0.1) is 23.7 Å². The molecule has 0 radical (unpaired) electrons. The van der Waals surface area contributed by atoms with Gasteiger partial charge in [-0.05, 0) is 51.1 Å². The normalized spacial score (nSPS) is 37.2. The number of aliphatic carboxylic acids is 1. The minimum Gasteiger partial charge on any atom is -0.477 e. The average molecular weight is 505 g/mol. The van der Waals surface area contributed by atoms with E-state index >= 15 is 0 Å². The molecular formula is C25H36N4O5S. The van der Waals surface area contributed by atoms with Gasteiger partial charge in [-0.25, -0.2) is 4.79 Å². The first-order valence-corrected chi connectivity index (χ1v) is 13.8. The molecular weight excluding hydrogens is 468 g/mol. The van der Waals surface area contributed by atoms with E-state index in [9.17, 15) is 24.3 Å². The molecule has 5 heterocycles. The van der Waals surface area contributed by atoms with Crippen molar-refractivity contribution in [3.63, 3.8) is 0 Å². The lowest BCUT2D eigenvalue weighted by Crippen LogP contribution is -2.62. The molecule has 5 aliphatic heterocycles. The maximum Gasteiger partial charge on any atom is 0.353 e. The van der Waals surface area contributed by atoms with E-state index in [1.165, 1.54) is 23.6 Å². The second-order valence-corrected chi connectivity index (χ2v) is 12.3. The number of β-lactam (4-membered cyclic amide) rings is 1. The SMILES string of the molecule is CC(=O)C[C@H](C)[C@H]1C(=O)N2C(C(=O)O)=C(S[C@@H]3CN[C@H](C(=O)N4CCC5CNCCC54)C3)[C@H](C)[C@H]12. The first-order valence-electron chi connectivity index (χ1n) is 12.9. The van der Waals surface area contributed by atoms with Gasteiger partial charge in [0.15, 0.2) is 0 Å². The molecule has 192 valence electrons. The predicted octanol–water partition coefficient (Wildman–Crippen LogP) is 1.05. The molecule has 4 fully saturated rings. The van der Waals surface area contributed by atoms with Crippen molar-refractivity contribution in [1.29, 1.82) is 0 Å². The Bertz CT molecular complexity index is 970. The highest BCUT2D eigenvalue weighted by atomic mass is 32.2. The van der Waals surface area contributed by atoms with Crippen LogP contribution in [-0.2, 0) is 19.2 Å². The van der Waals surface area contributed by atoms with Crippen LogP contribution in [0.25, 0.3) is 0 Å². The minimum absolute atomic E-state index is 0.0389. The summed E-state index contributed by atoms with van der Waals surface area (Å²) in [6.07, 6.45) is 3.03. The van der Waals surface area contributed by atoms with Gasteiger partial charge in [0, 0.05) is 41.6 Å². The van der Waals surface area contributed by atoms with Gasteiger partial charge in [-0.3, -0.25) is 9.59 Å². The molecule has 0 aromatic rings. The fourth-order valence-electron chi connectivity index (χ4n) is 7.07. The highest BCUT2D eigenvalue weighted by Crippen LogP contribution is 2.53. The molecule has 2 unspecified atom stereocenters. The monoisotopic (exact) mass is 504 g/mol. The van der Waals surface area contributed by atoms with Crippen molar-refractivity contribution >= 4 is 35.3 Å². The summed E-state index contributed by atoms with van der Waals surface area (Å²) < 4.78 is 0. The zero-order valence-electron chi connectivity index (χ0n) is 20.7. The molecule has 2 amide bonds. The van der Waals surface area contributed by atoms with Crippen LogP contribution < -0.4 is 10.6 Å². The Morgan fingerprint density at radius 3 is 2.71 bits per heavy atom. The number of likely N-dealkylation sites (tertiary alicyclic amines) is 1. The summed E-state index contributed by atoms with van der Waals surface area (Å²) in [4.78, 5) is 54.4. The van der Waals surface area contributed by atoms with Crippen LogP contribution >= 0.6 is 11.8 Å². The van der Waals surface area contributed by atoms with E-state index in [0.29, 0.717) is 31.3 Å². The van der Waals surface area contributed by atoms with Crippen LogP contribution in [0.3, 0.4) is 0 Å². The zero-order valence-corrected chi connectivity index (χ0v) is 21.5. The Labute approximate surface area is 210 Å². The summed E-state index contributed by atoms with van der Waals surface area (Å²) in [6, 6.07) is -0.121. The zero-order chi connectivity index (χ0) is 25.0. The standard InChI is InChI=1S/C25H36N4O5S/c1-12(8-13(2)30)19-20-14(3)22(21(25(33)34)29(20)24(19)32)35-16-9-17(27-11-16)23(31)28-7-5-15-10-26-6-4-18(15)28/h12,14-20,26-27H,4-11H2,1-3H3,(H,33,34)/t12-,14+,15?,16-,17-,18?,19+,20+/m0/s1. The van der Waals surface area contributed by atoms with Crippen molar-refractivity contribution in [3.05, 3.63) is 10.6 Å². The number of nitrogens with one attached hydrogen (secondary N) is 2. The number of nitrogens with zero attached hydrogens (tertiary/aromatic N) is 2. The number of rotatable bonds is 7. The van der Waals surface area contributed by atoms with E-state index in [1.54, 1.807) is 0 Å². The number of fused-ring (bicyclic) bond motifs is 2. The third-order valence-corrected chi connectivity index (χ3v) is 10.2. The van der Waals surface area contributed by atoms with Crippen molar-refractivity contribution in [3.8, 4) is 0 Å². The highest BCUT2D eigenvalue weighted by Gasteiger charge is 2.60. The third kappa shape index (κ3) is 4.21. The van der Waals surface area contributed by atoms with Crippen LogP contribution in [-0.4, -0.2) is 88.0 Å². The van der Waals surface area contributed by atoms with Crippen LogP contribution in [0.1, 0.15) is 46.5 Å². The van der Waals surface area contributed by atoms with Crippen LogP contribution in [0.4, 0.5) is 0 Å². The number of carbonyl (C=O) groups is 4. The van der Waals surface area contributed by atoms with Gasteiger partial charge in [0.2, 0.25) is 11.8 Å². The van der Waals surface area contributed by atoms with Gasteiger partial charge in [-0.15, -0.1) is 11.8 Å². The number of piperidine rings is 1. The Morgan fingerprint density at radius 2 is 2.00 bits per heavy atom. The summed E-state index contributed by atoms with van der Waals surface area (Å²) in [5, 5.41) is 16.9. The fourth-order valence-corrected chi connectivity index (χ4v) is 8.55. The smallest absolute Gasteiger partial charge is 0.353 e. The van der Waals surface area contributed by atoms with E-state index in [2.05, 4.69) is 15.5 Å². The molecule has 5 aliphatic rings. The first-order chi connectivity index (χ1) is 16.7. The van der Waals surface area contributed by atoms with E-state index in [0.717, 1.165) is 37.4 Å². The number of carboxylic acid groups (broad SMARTS) is 1. The summed E-state index contributed by atoms with van der Waals surface area (Å²) in [5.41, 5.74) is 0.0932. The molecule has 3 N–H and O–H groups in total. The Morgan fingerprint density at radius 1 is 1.23 bits per heavy atom. The van der Waals surface area contributed by atoms with Crippen LogP contribution in [0.15, 0.2) is 10.6 Å². The highest BCUT2D eigenvalue weighted by molar-refractivity contribution is 8.03. The number of thioether (sulfide) groups is 1. The summed E-state index contributed by atoms with van der Waals surface area (Å²) in [7, 11) is 0. The molecule has 4 saturated heterocycles. The van der Waals surface area contributed by atoms with Gasteiger partial charge in [-0.1, -0.05) is 13.8 Å². The van der Waals surface area contributed by atoms with E-state index in [4.69, 9.17) is 0 Å². The third-order valence-electron chi connectivity index (χ3n) is 8.69. The molecule has 0 spiro atoms. The van der Waals surface area contributed by atoms with Crippen molar-refractivity contribution < 1.29 is 24.3 Å². The number of amides is 2. The number of carbonyl (C=O) groups excluding carboxylic acids is 3. The number of ketones is 1. The molecule has 0 aromatic carbocycles. The molecule has 5 rings (SSSR count). The molecule has 10 heteroatoms. The Kier molecular flexibility index (Phi) is 6.74. The first kappa shape index (κ1) is 24.8. The van der Waals surface area contributed by atoms with E-state index in [-0.39, 0.29) is 58.4 Å². The summed E-state index contributed by atoms with van der Waals surface area (Å²) >= 11 is 1.52. The van der Waals surface area contributed by atoms with Gasteiger partial charge in [0.1, 0.15) is 11.5 Å². The van der Waals surface area contributed by atoms with Crippen molar-refractivity contribution in [2.24, 2.45) is 23.7 Å². The van der Waals surface area contributed by atoms with Gasteiger partial charge in [0.25, 0.3) is 0 Å². The largest absolute Gasteiger partial charge is 0.477 e. The number of carboxylic acids is 1. The Hall–Kier alpha value is -1.91. The number of hydrogen-bond acceptors (Lipinski definition) is 7. The van der Waals surface area contributed by atoms with Crippen LogP contribution in [0.5, 0.6) is 0 Å². The van der Waals surface area contributed by atoms with Crippen molar-refractivity contribution in [2.75, 3.05) is 26.2 Å². The van der Waals surface area contributed by atoms with Gasteiger partial charge < -0.3 is 30.3 Å².